The predicted molar refractivity (Wildman–Crippen MR) is 97.0 cm³/mol. The van der Waals surface area contributed by atoms with E-state index in [1.165, 1.54) is 6.33 Å². The molecule has 4 N–H and O–H groups in total. The Morgan fingerprint density at radius 3 is 2.28 bits per heavy atom. The summed E-state index contributed by atoms with van der Waals surface area (Å²) in [6.45, 7) is 0.226. The van der Waals surface area contributed by atoms with Crippen LogP contribution >= 0.6 is 11.6 Å². The summed E-state index contributed by atoms with van der Waals surface area (Å²) in [5.41, 5.74) is 8.20. The summed E-state index contributed by atoms with van der Waals surface area (Å²) in [6, 6.07) is 12.8. The molecule has 2 aromatic carbocycles. The number of aromatic nitrogens is 2. The third-order valence-electron chi connectivity index (χ3n) is 3.63. The van der Waals surface area contributed by atoms with Crippen LogP contribution in [0.5, 0.6) is 11.5 Å². The first kappa shape index (κ1) is 15.3. The normalized spacial score (nSPS) is 12.0. The van der Waals surface area contributed by atoms with E-state index in [1.54, 1.807) is 12.1 Å². The third kappa shape index (κ3) is 3.22. The van der Waals surface area contributed by atoms with Crippen molar-refractivity contribution in [3.63, 3.8) is 0 Å². The lowest BCUT2D eigenvalue weighted by molar-refractivity contribution is 0.174. The molecule has 0 spiro atoms. The average molecular weight is 356 g/mol. The van der Waals surface area contributed by atoms with E-state index in [0.29, 0.717) is 33.8 Å². The van der Waals surface area contributed by atoms with Crippen molar-refractivity contribution in [2.45, 2.75) is 0 Å². The van der Waals surface area contributed by atoms with Crippen LogP contribution in [0.3, 0.4) is 0 Å². The number of nitrogens with two attached hydrogens (primary N) is 1. The minimum absolute atomic E-state index is 0.226. The van der Waals surface area contributed by atoms with Crippen molar-refractivity contribution in [3.05, 3.63) is 53.8 Å². The van der Waals surface area contributed by atoms with Gasteiger partial charge in [-0.2, -0.15) is 0 Å². The number of nitrogen functional groups attached to an aromatic ring is 1. The molecule has 25 heavy (non-hydrogen) atoms. The average Bonchev–Trinajstić information content (AvgIpc) is 3.08. The number of rotatable bonds is 4. The zero-order valence-corrected chi connectivity index (χ0v) is 13.7. The van der Waals surface area contributed by atoms with Crippen LogP contribution in [0.15, 0.2) is 48.8 Å². The second-order valence-electron chi connectivity index (χ2n) is 5.31. The van der Waals surface area contributed by atoms with E-state index in [9.17, 15) is 0 Å². The van der Waals surface area contributed by atoms with Gasteiger partial charge in [0, 0.05) is 22.5 Å². The fraction of sp³-hybridized carbons (Fsp3) is 0.0588. The van der Waals surface area contributed by atoms with Gasteiger partial charge >= 0.3 is 0 Å². The van der Waals surface area contributed by atoms with Gasteiger partial charge in [-0.25, -0.2) is 9.97 Å². The maximum atomic E-state index is 6.19. The van der Waals surface area contributed by atoms with Crippen LogP contribution in [-0.2, 0) is 0 Å². The standard InChI is InChI=1S/C17H14ClN5O2/c18-10-1-3-11(4-2-10)22-16-15(19)17(21-8-20-16)23-12-5-6-13-14(7-12)25-9-24-13/h1-8H,9,19H2,(H2,20,21,22,23). The minimum atomic E-state index is 0.226. The Kier molecular flexibility index (Phi) is 3.91. The van der Waals surface area contributed by atoms with Crippen LogP contribution in [-0.4, -0.2) is 16.8 Å². The number of halogens is 1. The highest BCUT2D eigenvalue weighted by molar-refractivity contribution is 6.30. The van der Waals surface area contributed by atoms with Gasteiger partial charge in [0.05, 0.1) is 0 Å². The minimum Gasteiger partial charge on any atom is -0.454 e. The summed E-state index contributed by atoms with van der Waals surface area (Å²) >= 11 is 5.89. The molecule has 1 aliphatic rings. The maximum absolute atomic E-state index is 6.19. The Labute approximate surface area is 148 Å². The van der Waals surface area contributed by atoms with Crippen molar-refractivity contribution in [2.24, 2.45) is 0 Å². The maximum Gasteiger partial charge on any atom is 0.231 e. The van der Waals surface area contributed by atoms with Crippen molar-refractivity contribution in [3.8, 4) is 11.5 Å². The van der Waals surface area contributed by atoms with Crippen LogP contribution in [0, 0.1) is 0 Å². The summed E-state index contributed by atoms with van der Waals surface area (Å²) in [7, 11) is 0. The number of nitrogens with zero attached hydrogens (tertiary/aromatic N) is 2. The number of nitrogens with one attached hydrogen (secondary N) is 2. The third-order valence-corrected chi connectivity index (χ3v) is 3.88. The zero-order valence-electron chi connectivity index (χ0n) is 13.0. The molecule has 126 valence electrons. The molecule has 4 rings (SSSR count). The Morgan fingerprint density at radius 2 is 1.52 bits per heavy atom. The summed E-state index contributed by atoms with van der Waals surface area (Å²) in [5.74, 6) is 2.38. The lowest BCUT2D eigenvalue weighted by atomic mass is 10.2. The molecule has 0 atom stereocenters. The highest BCUT2D eigenvalue weighted by atomic mass is 35.5. The molecule has 0 bridgehead atoms. The Morgan fingerprint density at radius 1 is 0.880 bits per heavy atom. The van der Waals surface area contributed by atoms with E-state index < -0.39 is 0 Å². The van der Waals surface area contributed by atoms with Gasteiger partial charge in [0.15, 0.2) is 23.1 Å². The van der Waals surface area contributed by atoms with Crippen LogP contribution in [0.1, 0.15) is 0 Å². The van der Waals surface area contributed by atoms with E-state index in [-0.39, 0.29) is 6.79 Å². The SMILES string of the molecule is Nc1c(Nc2ccc(Cl)cc2)ncnc1Nc1ccc2c(c1)OCO2. The molecule has 1 aliphatic heterocycles. The lowest BCUT2D eigenvalue weighted by Gasteiger charge is -2.13. The van der Waals surface area contributed by atoms with E-state index in [1.807, 2.05) is 30.3 Å². The summed E-state index contributed by atoms with van der Waals surface area (Å²) in [6.07, 6.45) is 1.43. The Balaban J connectivity index is 1.57. The molecule has 0 saturated carbocycles. The quantitative estimate of drug-likeness (QED) is 0.652. The van der Waals surface area contributed by atoms with Crippen molar-refractivity contribution in [1.29, 1.82) is 0 Å². The molecule has 0 aliphatic carbocycles. The molecular weight excluding hydrogens is 342 g/mol. The van der Waals surface area contributed by atoms with Gasteiger partial charge in [0.25, 0.3) is 0 Å². The second kappa shape index (κ2) is 6.37. The lowest BCUT2D eigenvalue weighted by Crippen LogP contribution is -2.05. The second-order valence-corrected chi connectivity index (χ2v) is 5.75. The van der Waals surface area contributed by atoms with E-state index in [2.05, 4.69) is 20.6 Å². The summed E-state index contributed by atoms with van der Waals surface area (Å²) in [4.78, 5) is 8.39. The number of anilines is 5. The van der Waals surface area contributed by atoms with Gasteiger partial charge in [-0.15, -0.1) is 0 Å². The van der Waals surface area contributed by atoms with Gasteiger partial charge < -0.3 is 25.8 Å². The highest BCUT2D eigenvalue weighted by Crippen LogP contribution is 2.36. The van der Waals surface area contributed by atoms with Gasteiger partial charge in [-0.3, -0.25) is 0 Å². The first-order valence-corrected chi connectivity index (χ1v) is 7.86. The smallest absolute Gasteiger partial charge is 0.231 e. The number of hydrogen-bond donors (Lipinski definition) is 3. The molecule has 0 unspecified atom stereocenters. The van der Waals surface area contributed by atoms with Crippen molar-refractivity contribution >= 4 is 40.3 Å². The first-order valence-electron chi connectivity index (χ1n) is 7.49. The Bertz CT molecular complexity index is 917. The van der Waals surface area contributed by atoms with Crippen molar-refractivity contribution in [2.75, 3.05) is 23.2 Å². The molecule has 3 aromatic rings. The number of ether oxygens (including phenoxy) is 2. The molecule has 0 radical (unpaired) electrons. The molecule has 0 amide bonds. The van der Waals surface area contributed by atoms with Crippen LogP contribution < -0.4 is 25.8 Å². The summed E-state index contributed by atoms with van der Waals surface area (Å²) in [5, 5.41) is 6.97. The van der Waals surface area contributed by atoms with Crippen LogP contribution in [0.4, 0.5) is 28.7 Å². The molecule has 0 fully saturated rings. The van der Waals surface area contributed by atoms with E-state index >= 15 is 0 Å². The van der Waals surface area contributed by atoms with E-state index in [0.717, 1.165) is 11.4 Å². The van der Waals surface area contributed by atoms with Crippen LogP contribution in [0.2, 0.25) is 5.02 Å². The van der Waals surface area contributed by atoms with Gasteiger partial charge in [-0.05, 0) is 36.4 Å². The summed E-state index contributed by atoms with van der Waals surface area (Å²) < 4.78 is 10.7. The predicted octanol–water partition coefficient (Wildman–Crippen LogP) is 3.93. The molecule has 2 heterocycles. The van der Waals surface area contributed by atoms with Crippen LogP contribution in [0.25, 0.3) is 0 Å². The number of hydrogen-bond acceptors (Lipinski definition) is 7. The van der Waals surface area contributed by atoms with Gasteiger partial charge in [-0.1, -0.05) is 11.6 Å². The monoisotopic (exact) mass is 355 g/mol. The highest BCUT2D eigenvalue weighted by Gasteiger charge is 2.14. The largest absolute Gasteiger partial charge is 0.454 e. The molecule has 0 saturated heterocycles. The number of fused-ring (bicyclic) bond motifs is 1. The molecule has 7 nitrogen and oxygen atoms in total. The fourth-order valence-electron chi connectivity index (χ4n) is 2.38. The molecule has 8 heteroatoms. The molecular formula is C17H14ClN5O2. The first-order chi connectivity index (χ1) is 12.2. The van der Waals surface area contributed by atoms with Gasteiger partial charge in [0.1, 0.15) is 12.0 Å². The number of benzene rings is 2. The topological polar surface area (TPSA) is 94.3 Å². The zero-order chi connectivity index (χ0) is 17.2. The molecule has 1 aromatic heterocycles. The van der Waals surface area contributed by atoms with Gasteiger partial charge in [0.2, 0.25) is 6.79 Å². The van der Waals surface area contributed by atoms with E-state index in [4.69, 9.17) is 26.8 Å². The fourth-order valence-corrected chi connectivity index (χ4v) is 2.50. The Hall–Kier alpha value is -3.19. The van der Waals surface area contributed by atoms with Crippen molar-refractivity contribution < 1.29 is 9.47 Å². The van der Waals surface area contributed by atoms with Crippen molar-refractivity contribution in [1.82, 2.24) is 9.97 Å².